The maximum Gasteiger partial charge on any atom is 0.279 e. The molecule has 7 nitrogen and oxygen atoms in total. The van der Waals surface area contributed by atoms with Crippen LogP contribution in [0.3, 0.4) is 0 Å². The average Bonchev–Trinajstić information content (AvgIpc) is 3.08. The summed E-state index contributed by atoms with van der Waals surface area (Å²) in [5.74, 6) is 3.38. The van der Waals surface area contributed by atoms with Crippen molar-refractivity contribution >= 4 is 37.3 Å². The molecule has 0 atom stereocenters. The molecule has 0 saturated carbocycles. The van der Waals surface area contributed by atoms with Gasteiger partial charge in [0.15, 0.2) is 26.1 Å². The van der Waals surface area contributed by atoms with Gasteiger partial charge < -0.3 is 14.0 Å². The van der Waals surface area contributed by atoms with Gasteiger partial charge in [-0.3, -0.25) is 4.79 Å². The fourth-order valence-corrected chi connectivity index (χ4v) is 5.24. The lowest BCUT2D eigenvalue weighted by Crippen LogP contribution is -2.17. The molecule has 3 aromatic rings. The zero-order valence-electron chi connectivity index (χ0n) is 17.0. The summed E-state index contributed by atoms with van der Waals surface area (Å²) in [6, 6.07) is 9.51. The number of hydrogen-bond donors (Lipinski definition) is 0. The van der Waals surface area contributed by atoms with Crippen LogP contribution in [0.1, 0.15) is 24.2 Å². The van der Waals surface area contributed by atoms with E-state index < -0.39 is 21.0 Å². The highest BCUT2D eigenvalue weighted by atomic mass is 32.2. The van der Waals surface area contributed by atoms with Gasteiger partial charge >= 0.3 is 0 Å². The van der Waals surface area contributed by atoms with Crippen LogP contribution in [-0.2, 0) is 16.4 Å². The zero-order valence-corrected chi connectivity index (χ0v) is 18.6. The van der Waals surface area contributed by atoms with Crippen LogP contribution in [0.15, 0.2) is 46.3 Å². The Morgan fingerprint density at radius 1 is 1.19 bits per heavy atom. The predicted molar refractivity (Wildman–Crippen MR) is 118 cm³/mol. The van der Waals surface area contributed by atoms with Crippen molar-refractivity contribution in [1.29, 1.82) is 0 Å². The summed E-state index contributed by atoms with van der Waals surface area (Å²) in [6.45, 7) is 4.41. The molecule has 0 radical (unpaired) electrons. The standard InChI is InChI=1S/C22H20N2O5S2/c1-4-9-24-17-12-18-19(29-11-10-28-18)13-20(17)30-22(24)23-21(25)15-5-7-16(8-6-15)31(26,27)14(2)3/h1,5-8,12-14H,9-11H2,2-3H3. The van der Waals surface area contributed by atoms with Gasteiger partial charge in [0, 0.05) is 17.7 Å². The fourth-order valence-electron chi connectivity index (χ4n) is 3.15. The maximum atomic E-state index is 12.8. The van der Waals surface area contributed by atoms with Crippen LogP contribution in [0.4, 0.5) is 0 Å². The van der Waals surface area contributed by atoms with Crippen LogP contribution in [0.2, 0.25) is 0 Å². The Hall–Kier alpha value is -3.09. The average molecular weight is 457 g/mol. The third-order valence-corrected chi connectivity index (χ3v) is 8.06. The van der Waals surface area contributed by atoms with Crippen molar-refractivity contribution in [2.75, 3.05) is 13.2 Å². The molecule has 4 rings (SSSR count). The monoisotopic (exact) mass is 456 g/mol. The molecule has 0 fully saturated rings. The summed E-state index contributed by atoms with van der Waals surface area (Å²) in [4.78, 5) is 17.6. The molecule has 0 unspecified atom stereocenters. The molecular weight excluding hydrogens is 436 g/mol. The topological polar surface area (TPSA) is 87.0 Å². The Kier molecular flexibility index (Phi) is 5.60. The van der Waals surface area contributed by atoms with Gasteiger partial charge in [0.1, 0.15) is 13.2 Å². The van der Waals surface area contributed by atoms with Gasteiger partial charge in [-0.15, -0.1) is 6.42 Å². The fraction of sp³-hybridized carbons (Fsp3) is 0.273. The van der Waals surface area contributed by atoms with E-state index in [0.29, 0.717) is 35.1 Å². The van der Waals surface area contributed by atoms with Crippen LogP contribution >= 0.6 is 11.3 Å². The zero-order chi connectivity index (χ0) is 22.2. The number of ether oxygens (including phenoxy) is 2. The first-order chi connectivity index (χ1) is 14.8. The molecule has 0 aliphatic carbocycles. The molecule has 0 saturated heterocycles. The van der Waals surface area contributed by atoms with Crippen LogP contribution in [0.25, 0.3) is 10.2 Å². The van der Waals surface area contributed by atoms with Gasteiger partial charge in [0.25, 0.3) is 5.91 Å². The van der Waals surface area contributed by atoms with Crippen molar-refractivity contribution < 1.29 is 22.7 Å². The second-order valence-electron chi connectivity index (χ2n) is 7.17. The molecule has 1 aliphatic heterocycles. The summed E-state index contributed by atoms with van der Waals surface area (Å²) in [6.07, 6.45) is 5.54. The van der Waals surface area contributed by atoms with Gasteiger partial charge in [-0.05, 0) is 38.1 Å². The predicted octanol–water partition coefficient (Wildman–Crippen LogP) is 3.03. The molecule has 0 bridgehead atoms. The number of carbonyl (C=O) groups excluding carboxylic acids is 1. The van der Waals surface area contributed by atoms with Crippen LogP contribution < -0.4 is 14.3 Å². The smallest absolute Gasteiger partial charge is 0.279 e. The molecule has 9 heteroatoms. The van der Waals surface area contributed by atoms with Crippen molar-refractivity contribution in [3.05, 3.63) is 46.8 Å². The molecule has 2 heterocycles. The highest BCUT2D eigenvalue weighted by Crippen LogP contribution is 2.35. The largest absolute Gasteiger partial charge is 0.486 e. The van der Waals surface area contributed by atoms with Gasteiger partial charge in [-0.25, -0.2) is 8.42 Å². The quantitative estimate of drug-likeness (QED) is 0.563. The summed E-state index contributed by atoms with van der Waals surface area (Å²) >= 11 is 1.32. The van der Waals surface area contributed by atoms with E-state index in [-0.39, 0.29) is 11.4 Å². The first-order valence-electron chi connectivity index (χ1n) is 9.60. The molecule has 160 valence electrons. The van der Waals surface area contributed by atoms with E-state index in [0.717, 1.165) is 10.2 Å². The van der Waals surface area contributed by atoms with Crippen molar-refractivity contribution in [1.82, 2.24) is 4.57 Å². The Morgan fingerprint density at radius 3 is 2.45 bits per heavy atom. The van der Waals surface area contributed by atoms with E-state index in [9.17, 15) is 13.2 Å². The number of fused-ring (bicyclic) bond motifs is 2. The number of rotatable bonds is 4. The summed E-state index contributed by atoms with van der Waals surface area (Å²) in [5, 5.41) is -0.543. The van der Waals surface area contributed by atoms with Crippen molar-refractivity contribution in [3.63, 3.8) is 0 Å². The van der Waals surface area contributed by atoms with Gasteiger partial charge in [-0.1, -0.05) is 17.3 Å². The first kappa shape index (κ1) is 21.2. The number of amides is 1. The molecule has 1 amide bonds. The molecule has 1 aromatic heterocycles. The molecule has 0 spiro atoms. The van der Waals surface area contributed by atoms with E-state index in [1.54, 1.807) is 18.4 Å². The number of nitrogens with zero attached hydrogens (tertiary/aromatic N) is 2. The Labute approximate surface area is 183 Å². The second-order valence-corrected chi connectivity index (χ2v) is 10.7. The lowest BCUT2D eigenvalue weighted by Gasteiger charge is -2.18. The van der Waals surface area contributed by atoms with Crippen LogP contribution in [-0.4, -0.2) is 37.4 Å². The number of thiazole rings is 1. The van der Waals surface area contributed by atoms with Crippen LogP contribution in [0, 0.1) is 12.3 Å². The number of hydrogen-bond acceptors (Lipinski definition) is 6. The van der Waals surface area contributed by atoms with E-state index in [1.165, 1.54) is 35.6 Å². The van der Waals surface area contributed by atoms with E-state index in [2.05, 4.69) is 10.9 Å². The van der Waals surface area contributed by atoms with Crippen molar-refractivity contribution in [2.45, 2.75) is 30.5 Å². The molecule has 31 heavy (non-hydrogen) atoms. The molecule has 0 N–H and O–H groups in total. The van der Waals surface area contributed by atoms with Crippen LogP contribution in [0.5, 0.6) is 11.5 Å². The third-order valence-electron chi connectivity index (χ3n) is 4.84. The third kappa shape index (κ3) is 3.96. The Morgan fingerprint density at radius 2 is 1.84 bits per heavy atom. The summed E-state index contributed by atoms with van der Waals surface area (Å²) in [7, 11) is -3.41. The maximum absolute atomic E-state index is 12.8. The highest BCUT2D eigenvalue weighted by molar-refractivity contribution is 7.92. The second kappa shape index (κ2) is 8.21. The van der Waals surface area contributed by atoms with Crippen molar-refractivity contribution in [2.24, 2.45) is 4.99 Å². The number of benzene rings is 2. The molecular formula is C22H20N2O5S2. The summed E-state index contributed by atoms with van der Waals surface area (Å²) < 4.78 is 38.5. The van der Waals surface area contributed by atoms with Crippen molar-refractivity contribution in [3.8, 4) is 23.8 Å². The lowest BCUT2D eigenvalue weighted by molar-refractivity contribution is 0.0998. The SMILES string of the molecule is C#CCn1c(=NC(=O)c2ccc(S(=O)(=O)C(C)C)cc2)sc2cc3c(cc21)OCCO3. The number of carbonyl (C=O) groups is 1. The number of sulfone groups is 1. The van der Waals surface area contributed by atoms with Gasteiger partial charge in [0.2, 0.25) is 0 Å². The lowest BCUT2D eigenvalue weighted by atomic mass is 10.2. The van der Waals surface area contributed by atoms with E-state index >= 15 is 0 Å². The minimum Gasteiger partial charge on any atom is -0.486 e. The van der Waals surface area contributed by atoms with E-state index in [4.69, 9.17) is 15.9 Å². The van der Waals surface area contributed by atoms with Gasteiger partial charge in [0.05, 0.1) is 26.9 Å². The van der Waals surface area contributed by atoms with Gasteiger partial charge in [-0.2, -0.15) is 4.99 Å². The minimum atomic E-state index is -3.41. The summed E-state index contributed by atoms with van der Waals surface area (Å²) in [5.41, 5.74) is 1.09. The Balaban J connectivity index is 1.75. The number of aromatic nitrogens is 1. The highest BCUT2D eigenvalue weighted by Gasteiger charge is 2.20. The first-order valence-corrected chi connectivity index (χ1v) is 12.0. The molecule has 1 aliphatic rings. The molecule has 2 aromatic carbocycles. The normalized spacial score (nSPS) is 14.1. The number of terminal acetylenes is 1. The Bertz CT molecular complexity index is 1370. The van der Waals surface area contributed by atoms with E-state index in [1.807, 2.05) is 12.1 Å². The minimum absolute atomic E-state index is 0.175.